The number of fused-ring (bicyclic) bond motifs is 4. The minimum atomic E-state index is 0.0572. The van der Waals surface area contributed by atoms with Crippen LogP contribution in [0.1, 0.15) is 37.7 Å². The summed E-state index contributed by atoms with van der Waals surface area (Å²) in [5, 5.41) is 12.2. The molecule has 166 valence electrons. The van der Waals surface area contributed by atoms with E-state index in [9.17, 15) is 0 Å². The van der Waals surface area contributed by atoms with Crippen LogP contribution in [0, 0.1) is 0 Å². The molecule has 3 aromatic heterocycles. The lowest BCUT2D eigenvalue weighted by atomic mass is 9.69. The number of rotatable bonds is 3. The SMILES string of the molecule is CN1CCN(c2ccc(Nc3ncc4[nH]c5c(c4n3)C3(CCCCC3)CN=N5)nc2)CC1. The van der Waals surface area contributed by atoms with Gasteiger partial charge in [0.15, 0.2) is 5.82 Å². The van der Waals surface area contributed by atoms with Crippen LogP contribution in [0.4, 0.5) is 23.3 Å². The number of H-pyrrole nitrogens is 1. The fraction of sp³-hybridized carbons (Fsp3) is 0.522. The largest absolute Gasteiger partial charge is 0.368 e. The monoisotopic (exact) mass is 431 g/mol. The first kappa shape index (κ1) is 19.6. The van der Waals surface area contributed by atoms with Crippen LogP contribution in [0.25, 0.3) is 11.0 Å². The average molecular weight is 432 g/mol. The molecule has 0 atom stereocenters. The topological polar surface area (TPSA) is 97.7 Å². The molecule has 1 spiro atoms. The van der Waals surface area contributed by atoms with Crippen molar-refractivity contribution in [3.8, 4) is 0 Å². The molecule has 2 aliphatic heterocycles. The Morgan fingerprint density at radius 1 is 1.00 bits per heavy atom. The van der Waals surface area contributed by atoms with Crippen LogP contribution in [0.5, 0.6) is 0 Å². The summed E-state index contributed by atoms with van der Waals surface area (Å²) in [6.45, 7) is 4.98. The molecule has 1 aliphatic carbocycles. The summed E-state index contributed by atoms with van der Waals surface area (Å²) in [6.07, 6.45) is 9.84. The van der Waals surface area contributed by atoms with E-state index in [2.05, 4.69) is 53.4 Å². The summed E-state index contributed by atoms with van der Waals surface area (Å²) in [6, 6.07) is 4.12. The zero-order valence-corrected chi connectivity index (χ0v) is 18.5. The molecule has 1 saturated heterocycles. The van der Waals surface area contributed by atoms with Crippen molar-refractivity contribution < 1.29 is 0 Å². The quantitative estimate of drug-likeness (QED) is 0.647. The van der Waals surface area contributed by atoms with Crippen molar-refractivity contribution >= 4 is 34.3 Å². The Bertz CT molecular complexity index is 1140. The van der Waals surface area contributed by atoms with Gasteiger partial charge in [0.2, 0.25) is 5.95 Å². The Morgan fingerprint density at radius 3 is 2.62 bits per heavy atom. The van der Waals surface area contributed by atoms with E-state index in [1.807, 2.05) is 18.5 Å². The highest BCUT2D eigenvalue weighted by Gasteiger charge is 2.41. The maximum absolute atomic E-state index is 4.90. The molecule has 32 heavy (non-hydrogen) atoms. The summed E-state index contributed by atoms with van der Waals surface area (Å²) in [7, 11) is 2.17. The summed E-state index contributed by atoms with van der Waals surface area (Å²) >= 11 is 0. The van der Waals surface area contributed by atoms with Gasteiger partial charge in [-0.25, -0.2) is 15.0 Å². The number of nitrogens with one attached hydrogen (secondary N) is 2. The molecule has 0 radical (unpaired) electrons. The van der Waals surface area contributed by atoms with Crippen LogP contribution in [0.2, 0.25) is 0 Å². The van der Waals surface area contributed by atoms with Crippen LogP contribution >= 0.6 is 0 Å². The zero-order valence-electron chi connectivity index (χ0n) is 18.5. The first-order valence-electron chi connectivity index (χ1n) is 11.6. The van der Waals surface area contributed by atoms with Crippen molar-refractivity contribution in [1.29, 1.82) is 0 Å². The van der Waals surface area contributed by atoms with Gasteiger partial charge in [-0.15, -0.1) is 5.11 Å². The summed E-state index contributed by atoms with van der Waals surface area (Å²) in [4.78, 5) is 22.2. The van der Waals surface area contributed by atoms with Gasteiger partial charge in [-0.05, 0) is 32.0 Å². The number of aromatic amines is 1. The van der Waals surface area contributed by atoms with Crippen molar-refractivity contribution in [1.82, 2.24) is 24.8 Å². The number of pyridine rings is 1. The highest BCUT2D eigenvalue weighted by molar-refractivity contribution is 5.86. The predicted octanol–water partition coefficient (Wildman–Crippen LogP) is 4.15. The number of likely N-dealkylation sites (N-methyl/N-ethyl adjacent to an activating group) is 1. The van der Waals surface area contributed by atoms with E-state index < -0.39 is 0 Å². The van der Waals surface area contributed by atoms with Gasteiger partial charge in [0.1, 0.15) is 5.82 Å². The minimum Gasteiger partial charge on any atom is -0.368 e. The molecule has 0 unspecified atom stereocenters. The van der Waals surface area contributed by atoms with E-state index in [4.69, 9.17) is 4.98 Å². The third-order valence-electron chi connectivity index (χ3n) is 7.26. The molecule has 2 N–H and O–H groups in total. The maximum atomic E-state index is 4.90. The van der Waals surface area contributed by atoms with E-state index in [0.717, 1.165) is 73.9 Å². The average Bonchev–Trinajstić information content (AvgIpc) is 3.20. The van der Waals surface area contributed by atoms with Gasteiger partial charge >= 0.3 is 0 Å². The fourth-order valence-electron chi connectivity index (χ4n) is 5.39. The van der Waals surface area contributed by atoms with Gasteiger partial charge in [0.05, 0.1) is 35.7 Å². The molecule has 3 aliphatic rings. The molecule has 1 saturated carbocycles. The second-order valence-corrected chi connectivity index (χ2v) is 9.36. The highest BCUT2D eigenvalue weighted by Crippen LogP contribution is 2.48. The highest BCUT2D eigenvalue weighted by atomic mass is 15.3. The normalized spacial score (nSPS) is 20.6. The third kappa shape index (κ3) is 3.40. The molecule has 9 nitrogen and oxygen atoms in total. The number of azo groups is 1. The molecule has 6 rings (SSSR count). The molecule has 0 aromatic carbocycles. The molecular weight excluding hydrogens is 402 g/mol. The van der Waals surface area contributed by atoms with E-state index in [1.54, 1.807) is 0 Å². The third-order valence-corrected chi connectivity index (χ3v) is 7.26. The second kappa shape index (κ2) is 7.81. The smallest absolute Gasteiger partial charge is 0.229 e. The van der Waals surface area contributed by atoms with Crippen molar-refractivity contribution in [3.63, 3.8) is 0 Å². The minimum absolute atomic E-state index is 0.0572. The van der Waals surface area contributed by atoms with E-state index in [-0.39, 0.29) is 5.41 Å². The molecular formula is C23H29N9. The zero-order chi connectivity index (χ0) is 21.5. The van der Waals surface area contributed by atoms with Crippen LogP contribution < -0.4 is 10.2 Å². The standard InChI is InChI=1S/C23H29N9/c1-31-9-11-32(12-10-31)16-5-6-18(24-13-16)28-22-25-14-17-20(29-22)19-21(27-17)30-26-15-23(19)7-3-2-4-8-23/h5-6,13-14,27H,2-4,7-12,15H2,1H3,(H,24,25,28,29). The van der Waals surface area contributed by atoms with Crippen LogP contribution in [-0.4, -0.2) is 64.6 Å². The number of anilines is 3. The van der Waals surface area contributed by atoms with Gasteiger partial charge < -0.3 is 20.1 Å². The van der Waals surface area contributed by atoms with E-state index in [0.29, 0.717) is 5.95 Å². The van der Waals surface area contributed by atoms with Gasteiger partial charge in [-0.1, -0.05) is 19.3 Å². The van der Waals surface area contributed by atoms with E-state index >= 15 is 0 Å². The summed E-state index contributed by atoms with van der Waals surface area (Å²) in [5.41, 5.74) is 4.33. The van der Waals surface area contributed by atoms with Crippen LogP contribution in [0.15, 0.2) is 34.8 Å². The summed E-state index contributed by atoms with van der Waals surface area (Å²) in [5.74, 6) is 2.17. The van der Waals surface area contributed by atoms with Crippen molar-refractivity contribution in [2.75, 3.05) is 50.0 Å². The second-order valence-electron chi connectivity index (χ2n) is 9.36. The Balaban J connectivity index is 1.27. The number of piperazine rings is 1. The number of hydrogen-bond acceptors (Lipinski definition) is 8. The number of hydrogen-bond donors (Lipinski definition) is 2. The van der Waals surface area contributed by atoms with Gasteiger partial charge in [0.25, 0.3) is 0 Å². The predicted molar refractivity (Wildman–Crippen MR) is 125 cm³/mol. The Kier molecular flexibility index (Phi) is 4.78. The molecule has 0 bridgehead atoms. The lowest BCUT2D eigenvalue weighted by Gasteiger charge is -2.37. The molecule has 0 amide bonds. The Hall–Kier alpha value is -3.07. The molecule has 5 heterocycles. The van der Waals surface area contributed by atoms with Gasteiger partial charge in [0, 0.05) is 37.2 Å². The molecule has 2 fully saturated rings. The van der Waals surface area contributed by atoms with Gasteiger partial charge in [-0.3, -0.25) is 0 Å². The Labute approximate surface area is 187 Å². The van der Waals surface area contributed by atoms with Crippen molar-refractivity contribution in [2.24, 2.45) is 10.2 Å². The van der Waals surface area contributed by atoms with Crippen LogP contribution in [0.3, 0.4) is 0 Å². The number of nitrogens with zero attached hydrogens (tertiary/aromatic N) is 7. The Morgan fingerprint density at radius 2 is 1.84 bits per heavy atom. The first-order chi connectivity index (χ1) is 15.7. The molecule has 3 aromatic rings. The fourth-order valence-corrected chi connectivity index (χ4v) is 5.39. The molecule has 9 heteroatoms. The first-order valence-corrected chi connectivity index (χ1v) is 11.6. The van der Waals surface area contributed by atoms with Gasteiger partial charge in [-0.2, -0.15) is 5.11 Å². The van der Waals surface area contributed by atoms with Crippen molar-refractivity contribution in [3.05, 3.63) is 30.1 Å². The summed E-state index contributed by atoms with van der Waals surface area (Å²) < 4.78 is 0. The van der Waals surface area contributed by atoms with Crippen molar-refractivity contribution in [2.45, 2.75) is 37.5 Å². The number of aromatic nitrogens is 4. The maximum Gasteiger partial charge on any atom is 0.229 e. The van der Waals surface area contributed by atoms with E-state index in [1.165, 1.54) is 24.8 Å². The van der Waals surface area contributed by atoms with Crippen LogP contribution in [-0.2, 0) is 5.41 Å². The lowest BCUT2D eigenvalue weighted by molar-refractivity contribution is 0.295. The lowest BCUT2D eigenvalue weighted by Crippen LogP contribution is -2.44.